The summed E-state index contributed by atoms with van der Waals surface area (Å²) in [5, 5.41) is 11.8. The van der Waals surface area contributed by atoms with Gasteiger partial charge in [-0.1, -0.05) is 25.1 Å². The number of hydrogen-bond donors (Lipinski definition) is 1. The lowest BCUT2D eigenvalue weighted by molar-refractivity contribution is -0.235. The minimum atomic E-state index is -2.25. The van der Waals surface area contributed by atoms with Gasteiger partial charge in [0, 0.05) is 54.9 Å². The van der Waals surface area contributed by atoms with Crippen molar-refractivity contribution in [1.29, 1.82) is 0 Å². The van der Waals surface area contributed by atoms with Crippen molar-refractivity contribution < 1.29 is 37.7 Å². The molecule has 1 aliphatic heterocycles. The fraction of sp³-hybridized carbons (Fsp3) is 0.556. The van der Waals surface area contributed by atoms with E-state index in [1.54, 1.807) is 18.3 Å². The van der Waals surface area contributed by atoms with Gasteiger partial charge in [-0.15, -0.1) is 11.3 Å². The molecule has 2 heterocycles. The van der Waals surface area contributed by atoms with Gasteiger partial charge in [0.25, 0.3) is 0 Å². The molecule has 7 nitrogen and oxygen atoms in total. The predicted molar refractivity (Wildman–Crippen MR) is 170 cm³/mol. The summed E-state index contributed by atoms with van der Waals surface area (Å²) in [6.07, 6.45) is -0.111. The van der Waals surface area contributed by atoms with Gasteiger partial charge in [0.05, 0.1) is 17.1 Å². The van der Waals surface area contributed by atoms with Gasteiger partial charge in [0.2, 0.25) is 0 Å². The fourth-order valence-electron chi connectivity index (χ4n) is 9.58. The zero-order valence-electron chi connectivity index (χ0n) is 26.8. The van der Waals surface area contributed by atoms with Crippen LogP contribution in [0.15, 0.2) is 60.2 Å². The van der Waals surface area contributed by atoms with Gasteiger partial charge in [-0.3, -0.25) is 9.59 Å². The lowest BCUT2D eigenvalue weighted by Gasteiger charge is -2.63. The Balaban J connectivity index is 1.22. The standard InChI is InChI=1S/C36H41F2NO6S/c1-33-12-11-22(40)15-26(33)27(37)16-25-24-17-31-36(30(42)19-43-5,34(24,2)18-29(41)35(25,33)38)45-32(44-31)28-10-9-23(46-28)14-20-7-6-8-21(13-20)39(3)4/h6-13,15,24-25,27,29,31-32,41H,14,16-19H2,1-5H3/t24-,25-,27-,29-,31+,32+,33-,34-,35-,36+/m0/s1. The number of hydrogen-bond acceptors (Lipinski definition) is 8. The van der Waals surface area contributed by atoms with Crippen LogP contribution in [0, 0.1) is 22.7 Å². The first-order valence-electron chi connectivity index (χ1n) is 15.9. The molecule has 0 radical (unpaired) electrons. The van der Waals surface area contributed by atoms with Gasteiger partial charge in [-0.25, -0.2) is 8.78 Å². The average Bonchev–Trinajstić information content (AvgIpc) is 3.69. The maximum Gasteiger partial charge on any atom is 0.194 e. The molecule has 1 aromatic carbocycles. The number of methoxy groups -OCH3 is 1. The Morgan fingerprint density at radius 2 is 1.96 bits per heavy atom. The highest BCUT2D eigenvalue weighted by molar-refractivity contribution is 7.12. The second kappa shape index (κ2) is 10.9. The molecule has 1 aromatic heterocycles. The van der Waals surface area contributed by atoms with E-state index in [0.29, 0.717) is 0 Å². The first-order valence-corrected chi connectivity index (χ1v) is 16.8. The van der Waals surface area contributed by atoms with Crippen LogP contribution in [-0.4, -0.2) is 74.1 Å². The SMILES string of the molecule is COCC(=O)[C@@]12O[C@H](c3ccc(Cc4cccc(N(C)C)c4)s3)O[C@@H]1C[C@H]1[C@@H]3C[C@H](F)C4=CC(=O)C=C[C@]4(C)[C@@]3(F)[C@@H](O)C[C@@]12C. The molecule has 0 bridgehead atoms. The lowest BCUT2D eigenvalue weighted by atomic mass is 9.44. The zero-order chi connectivity index (χ0) is 32.8. The number of aliphatic hydroxyl groups is 1. The molecular formula is C36H41F2NO6S. The highest BCUT2D eigenvalue weighted by Crippen LogP contribution is 2.72. The highest BCUT2D eigenvalue weighted by atomic mass is 32.1. The number of fused-ring (bicyclic) bond motifs is 7. The summed E-state index contributed by atoms with van der Waals surface area (Å²) in [4.78, 5) is 30.3. The van der Waals surface area contributed by atoms with Gasteiger partial charge in [-0.2, -0.15) is 0 Å². The van der Waals surface area contributed by atoms with Crippen molar-refractivity contribution in [2.24, 2.45) is 22.7 Å². The molecule has 10 atom stereocenters. The zero-order valence-corrected chi connectivity index (χ0v) is 27.6. The monoisotopic (exact) mass is 653 g/mol. The van der Waals surface area contributed by atoms with E-state index in [1.807, 2.05) is 39.2 Å². The van der Waals surface area contributed by atoms with E-state index in [4.69, 9.17) is 14.2 Å². The van der Waals surface area contributed by atoms with Crippen molar-refractivity contribution in [1.82, 2.24) is 0 Å². The Morgan fingerprint density at radius 1 is 1.17 bits per heavy atom. The van der Waals surface area contributed by atoms with Crippen LogP contribution < -0.4 is 4.90 Å². The van der Waals surface area contributed by atoms with Gasteiger partial charge in [0.1, 0.15) is 12.8 Å². The van der Waals surface area contributed by atoms with Crippen LogP contribution in [0.2, 0.25) is 0 Å². The van der Waals surface area contributed by atoms with Crippen molar-refractivity contribution in [2.45, 2.75) is 75.5 Å². The number of ether oxygens (including phenoxy) is 3. The van der Waals surface area contributed by atoms with Crippen LogP contribution in [0.25, 0.3) is 0 Å². The number of nitrogens with zero attached hydrogens (tertiary/aromatic N) is 1. The van der Waals surface area contributed by atoms with Crippen LogP contribution >= 0.6 is 11.3 Å². The van der Waals surface area contributed by atoms with E-state index in [0.717, 1.165) is 21.9 Å². The number of aliphatic hydroxyl groups excluding tert-OH is 1. The Morgan fingerprint density at radius 3 is 2.70 bits per heavy atom. The molecule has 0 spiro atoms. The minimum Gasteiger partial charge on any atom is -0.390 e. The maximum absolute atomic E-state index is 17.7. The summed E-state index contributed by atoms with van der Waals surface area (Å²) in [7, 11) is 5.45. The third-order valence-corrected chi connectivity index (χ3v) is 12.9. The number of halogens is 2. The van der Waals surface area contributed by atoms with Crippen LogP contribution in [0.4, 0.5) is 14.5 Å². The summed E-state index contributed by atoms with van der Waals surface area (Å²) in [6, 6.07) is 12.3. The Bertz CT molecular complexity index is 1640. The molecule has 1 saturated heterocycles. The molecule has 4 fully saturated rings. The summed E-state index contributed by atoms with van der Waals surface area (Å²) in [6.45, 7) is 3.19. The molecule has 2 aromatic rings. The highest BCUT2D eigenvalue weighted by Gasteiger charge is 2.80. The van der Waals surface area contributed by atoms with Crippen molar-refractivity contribution >= 4 is 28.6 Å². The molecular weight excluding hydrogens is 612 g/mol. The van der Waals surface area contributed by atoms with Gasteiger partial charge < -0.3 is 24.2 Å². The number of ketones is 2. The molecule has 46 heavy (non-hydrogen) atoms. The molecule has 246 valence electrons. The maximum atomic E-state index is 17.7. The molecule has 1 N–H and O–H groups in total. The van der Waals surface area contributed by atoms with Crippen molar-refractivity contribution in [3.8, 4) is 0 Å². The van der Waals surface area contributed by atoms with E-state index in [1.165, 1.54) is 30.9 Å². The molecule has 0 unspecified atom stereocenters. The lowest BCUT2D eigenvalue weighted by Crippen LogP contribution is -2.70. The third kappa shape index (κ3) is 4.26. The molecule has 3 saturated carbocycles. The van der Waals surface area contributed by atoms with Crippen LogP contribution in [0.3, 0.4) is 0 Å². The quantitative estimate of drug-likeness (QED) is 0.411. The first-order chi connectivity index (χ1) is 21.8. The fourth-order valence-corrected chi connectivity index (χ4v) is 10.6. The number of Topliss-reactive ketones (excluding diaryl/α,β-unsaturated/α-hetero) is 1. The van der Waals surface area contributed by atoms with Crippen molar-refractivity contribution in [2.75, 3.05) is 32.7 Å². The van der Waals surface area contributed by atoms with Gasteiger partial charge in [-0.05, 0) is 79.7 Å². The van der Waals surface area contributed by atoms with Crippen LogP contribution in [-0.2, 0) is 30.2 Å². The van der Waals surface area contributed by atoms with Gasteiger partial charge >= 0.3 is 0 Å². The molecule has 7 rings (SSSR count). The van der Waals surface area contributed by atoms with Crippen molar-refractivity contribution in [3.05, 3.63) is 75.5 Å². The number of allylic oxidation sites excluding steroid dienone is 4. The van der Waals surface area contributed by atoms with E-state index in [2.05, 4.69) is 23.1 Å². The Hall–Kier alpha value is -2.76. The van der Waals surface area contributed by atoms with E-state index in [-0.39, 0.29) is 37.2 Å². The summed E-state index contributed by atoms with van der Waals surface area (Å²) in [5.74, 6) is -2.19. The number of alkyl halides is 2. The van der Waals surface area contributed by atoms with Crippen LogP contribution in [0.1, 0.15) is 54.7 Å². The second-order valence-corrected chi connectivity index (χ2v) is 15.5. The molecule has 10 heteroatoms. The van der Waals surface area contributed by atoms with E-state index >= 15 is 8.78 Å². The van der Waals surface area contributed by atoms with E-state index < -0.39 is 64.4 Å². The number of benzene rings is 1. The number of anilines is 1. The van der Waals surface area contributed by atoms with Crippen molar-refractivity contribution in [3.63, 3.8) is 0 Å². The topological polar surface area (TPSA) is 85.3 Å². The van der Waals surface area contributed by atoms with Crippen LogP contribution in [0.5, 0.6) is 0 Å². The summed E-state index contributed by atoms with van der Waals surface area (Å²) < 4.78 is 52.2. The Labute approximate surface area is 272 Å². The molecule has 5 aliphatic rings. The molecule has 0 amide bonds. The first kappa shape index (κ1) is 31.8. The number of thiophene rings is 1. The third-order valence-electron chi connectivity index (χ3n) is 11.8. The number of carbonyl (C=O) groups excluding carboxylic acids is 2. The minimum absolute atomic E-state index is 0.0688. The van der Waals surface area contributed by atoms with E-state index in [9.17, 15) is 14.7 Å². The second-order valence-electron chi connectivity index (χ2n) is 14.3. The normalized spacial score (nSPS) is 41.0. The Kier molecular flexibility index (Phi) is 7.53. The van der Waals surface area contributed by atoms with Gasteiger partial charge in [0.15, 0.2) is 29.1 Å². The predicted octanol–water partition coefficient (Wildman–Crippen LogP) is 5.70. The number of carbonyl (C=O) groups is 2. The number of rotatable bonds is 7. The summed E-state index contributed by atoms with van der Waals surface area (Å²) in [5.41, 5.74) is -4.00. The molecule has 4 aliphatic carbocycles. The largest absolute Gasteiger partial charge is 0.390 e. The summed E-state index contributed by atoms with van der Waals surface area (Å²) >= 11 is 1.55. The average molecular weight is 654 g/mol. The smallest absolute Gasteiger partial charge is 0.194 e.